The summed E-state index contributed by atoms with van der Waals surface area (Å²) in [5.74, 6) is 1.07. The Kier molecular flexibility index (Phi) is 3.54. The van der Waals surface area contributed by atoms with Crippen LogP contribution in [0.25, 0.3) is 22.0 Å². The van der Waals surface area contributed by atoms with Crippen LogP contribution in [0.4, 0.5) is 0 Å². The van der Waals surface area contributed by atoms with Gasteiger partial charge in [-0.15, -0.1) is 0 Å². The number of hydrogen-bond acceptors (Lipinski definition) is 3. The summed E-state index contributed by atoms with van der Waals surface area (Å²) in [6.07, 6.45) is 0. The molecule has 24 heavy (non-hydrogen) atoms. The molecule has 2 heterocycles. The lowest BCUT2D eigenvalue weighted by molar-refractivity contribution is 0.0927. The maximum atomic E-state index is 12.3. The molecule has 0 spiro atoms. The van der Waals surface area contributed by atoms with Crippen LogP contribution in [0.15, 0.2) is 59.0 Å². The first-order valence-corrected chi connectivity index (χ1v) is 7.91. The standard InChI is InChI=1S/C19H17N3O2/c1-13-21-15-7-3-4-8-16(15)22(13)11-10-20-19(23)18-12-14-6-2-5-9-17(14)24-18/h2-9,12H,10-11H2,1H3,(H,20,23). The van der Waals surface area contributed by atoms with E-state index in [4.69, 9.17) is 4.42 Å². The van der Waals surface area contributed by atoms with Crippen molar-refractivity contribution >= 4 is 27.9 Å². The minimum absolute atomic E-state index is 0.201. The first kappa shape index (κ1) is 14.5. The lowest BCUT2D eigenvalue weighted by Crippen LogP contribution is -2.27. The molecule has 0 aliphatic carbocycles. The molecule has 0 fully saturated rings. The molecule has 5 nitrogen and oxygen atoms in total. The monoisotopic (exact) mass is 319 g/mol. The molecule has 0 saturated heterocycles. The molecule has 0 radical (unpaired) electrons. The predicted molar refractivity (Wildman–Crippen MR) is 93.0 cm³/mol. The van der Waals surface area contributed by atoms with E-state index in [2.05, 4.69) is 14.9 Å². The van der Waals surface area contributed by atoms with Crippen molar-refractivity contribution in [2.75, 3.05) is 6.54 Å². The van der Waals surface area contributed by atoms with Crippen LogP contribution in [-0.2, 0) is 6.54 Å². The van der Waals surface area contributed by atoms with Crippen molar-refractivity contribution in [1.82, 2.24) is 14.9 Å². The van der Waals surface area contributed by atoms with Gasteiger partial charge < -0.3 is 14.3 Å². The van der Waals surface area contributed by atoms with Gasteiger partial charge in [-0.3, -0.25) is 4.79 Å². The third-order valence-corrected chi connectivity index (χ3v) is 4.12. The lowest BCUT2D eigenvalue weighted by Gasteiger charge is -2.07. The number of aryl methyl sites for hydroxylation is 1. The number of aromatic nitrogens is 2. The number of fused-ring (bicyclic) bond motifs is 2. The van der Waals surface area contributed by atoms with Crippen molar-refractivity contribution in [3.8, 4) is 0 Å². The highest BCUT2D eigenvalue weighted by Crippen LogP contribution is 2.18. The molecule has 0 saturated carbocycles. The van der Waals surface area contributed by atoms with E-state index >= 15 is 0 Å². The average molecular weight is 319 g/mol. The van der Waals surface area contributed by atoms with Crippen LogP contribution in [0.1, 0.15) is 16.4 Å². The second-order valence-corrected chi connectivity index (χ2v) is 5.70. The van der Waals surface area contributed by atoms with E-state index in [-0.39, 0.29) is 5.91 Å². The maximum Gasteiger partial charge on any atom is 0.287 e. The van der Waals surface area contributed by atoms with Gasteiger partial charge >= 0.3 is 0 Å². The number of nitrogens with one attached hydrogen (secondary N) is 1. The Morgan fingerprint density at radius 2 is 1.96 bits per heavy atom. The second-order valence-electron chi connectivity index (χ2n) is 5.70. The molecule has 1 amide bonds. The Hall–Kier alpha value is -3.08. The molecule has 120 valence electrons. The van der Waals surface area contributed by atoms with Gasteiger partial charge in [0.1, 0.15) is 11.4 Å². The smallest absolute Gasteiger partial charge is 0.287 e. The third-order valence-electron chi connectivity index (χ3n) is 4.12. The Bertz CT molecular complexity index is 996. The summed E-state index contributed by atoms with van der Waals surface area (Å²) in [7, 11) is 0. The van der Waals surface area contributed by atoms with Crippen LogP contribution < -0.4 is 5.32 Å². The molecule has 5 heteroatoms. The average Bonchev–Trinajstić information content (AvgIpc) is 3.16. The van der Waals surface area contributed by atoms with Crippen LogP contribution >= 0.6 is 0 Å². The highest BCUT2D eigenvalue weighted by atomic mass is 16.3. The first-order chi connectivity index (χ1) is 11.7. The molecule has 0 aliphatic rings. The highest BCUT2D eigenvalue weighted by Gasteiger charge is 2.12. The number of carbonyl (C=O) groups excluding carboxylic acids is 1. The molecule has 1 N–H and O–H groups in total. The first-order valence-electron chi connectivity index (χ1n) is 7.91. The Morgan fingerprint density at radius 3 is 2.83 bits per heavy atom. The third kappa shape index (κ3) is 2.54. The molecule has 2 aromatic heterocycles. The van der Waals surface area contributed by atoms with Crippen LogP contribution in [-0.4, -0.2) is 22.0 Å². The zero-order valence-electron chi connectivity index (χ0n) is 13.3. The zero-order chi connectivity index (χ0) is 16.5. The van der Waals surface area contributed by atoms with Crippen molar-refractivity contribution in [2.45, 2.75) is 13.5 Å². The maximum absolute atomic E-state index is 12.3. The molecular weight excluding hydrogens is 302 g/mol. The van der Waals surface area contributed by atoms with Gasteiger partial charge in [-0.05, 0) is 31.2 Å². The number of para-hydroxylation sites is 3. The molecule has 4 aromatic rings. The number of imidazole rings is 1. The fourth-order valence-electron chi connectivity index (χ4n) is 2.94. The van der Waals surface area contributed by atoms with Gasteiger partial charge in [0, 0.05) is 18.5 Å². The Morgan fingerprint density at radius 1 is 1.17 bits per heavy atom. The van der Waals surface area contributed by atoms with E-state index in [0.29, 0.717) is 18.8 Å². The summed E-state index contributed by atoms with van der Waals surface area (Å²) in [6, 6.07) is 17.4. The SMILES string of the molecule is Cc1nc2ccccc2n1CCNC(=O)c1cc2ccccc2o1. The number of carbonyl (C=O) groups is 1. The van der Waals surface area contributed by atoms with E-state index < -0.39 is 0 Å². The lowest BCUT2D eigenvalue weighted by atomic mass is 10.2. The fourth-order valence-corrected chi connectivity index (χ4v) is 2.94. The normalized spacial score (nSPS) is 11.2. The van der Waals surface area contributed by atoms with E-state index in [1.54, 1.807) is 6.07 Å². The summed E-state index contributed by atoms with van der Waals surface area (Å²) in [4.78, 5) is 16.8. The topological polar surface area (TPSA) is 60.1 Å². The molecule has 0 bridgehead atoms. The van der Waals surface area contributed by atoms with E-state index in [0.717, 1.165) is 27.8 Å². The van der Waals surface area contributed by atoms with Crippen LogP contribution in [0, 0.1) is 6.92 Å². The number of benzene rings is 2. The molecule has 0 aliphatic heterocycles. The molecule has 2 aromatic carbocycles. The minimum Gasteiger partial charge on any atom is -0.451 e. The summed E-state index contributed by atoms with van der Waals surface area (Å²) < 4.78 is 7.69. The molecule has 0 unspecified atom stereocenters. The van der Waals surface area contributed by atoms with Gasteiger partial charge in [-0.1, -0.05) is 30.3 Å². The molecular formula is C19H17N3O2. The quantitative estimate of drug-likeness (QED) is 0.626. The van der Waals surface area contributed by atoms with Gasteiger partial charge in [-0.25, -0.2) is 4.98 Å². The van der Waals surface area contributed by atoms with Gasteiger partial charge in [0.2, 0.25) is 0 Å². The Balaban J connectivity index is 1.46. The van der Waals surface area contributed by atoms with E-state index in [1.165, 1.54) is 0 Å². The van der Waals surface area contributed by atoms with Crippen LogP contribution in [0.2, 0.25) is 0 Å². The van der Waals surface area contributed by atoms with Gasteiger partial charge in [0.25, 0.3) is 5.91 Å². The number of nitrogens with zero attached hydrogens (tertiary/aromatic N) is 2. The van der Waals surface area contributed by atoms with E-state index in [1.807, 2.05) is 55.5 Å². The van der Waals surface area contributed by atoms with Crippen molar-refractivity contribution < 1.29 is 9.21 Å². The van der Waals surface area contributed by atoms with Crippen molar-refractivity contribution in [3.63, 3.8) is 0 Å². The van der Waals surface area contributed by atoms with E-state index in [9.17, 15) is 4.79 Å². The van der Waals surface area contributed by atoms with Crippen molar-refractivity contribution in [3.05, 3.63) is 66.2 Å². The van der Waals surface area contributed by atoms with Crippen molar-refractivity contribution in [1.29, 1.82) is 0 Å². The summed E-state index contributed by atoms with van der Waals surface area (Å²) in [6.45, 7) is 3.15. The predicted octanol–water partition coefficient (Wildman–Crippen LogP) is 3.52. The van der Waals surface area contributed by atoms with Gasteiger partial charge in [0.05, 0.1) is 11.0 Å². The van der Waals surface area contributed by atoms with Crippen LogP contribution in [0.5, 0.6) is 0 Å². The highest BCUT2D eigenvalue weighted by molar-refractivity contribution is 5.96. The van der Waals surface area contributed by atoms with Crippen LogP contribution in [0.3, 0.4) is 0 Å². The number of hydrogen-bond donors (Lipinski definition) is 1. The number of rotatable bonds is 4. The van der Waals surface area contributed by atoms with Gasteiger partial charge in [0.15, 0.2) is 5.76 Å². The number of amides is 1. The van der Waals surface area contributed by atoms with Crippen molar-refractivity contribution in [2.24, 2.45) is 0 Å². The summed E-state index contributed by atoms with van der Waals surface area (Å²) in [5.41, 5.74) is 2.77. The zero-order valence-corrected chi connectivity index (χ0v) is 13.3. The minimum atomic E-state index is -0.201. The Labute approximate surface area is 138 Å². The largest absolute Gasteiger partial charge is 0.451 e. The summed E-state index contributed by atoms with van der Waals surface area (Å²) >= 11 is 0. The number of furan rings is 1. The fraction of sp³-hybridized carbons (Fsp3) is 0.158. The molecule has 0 atom stereocenters. The van der Waals surface area contributed by atoms with Gasteiger partial charge in [-0.2, -0.15) is 0 Å². The summed E-state index contributed by atoms with van der Waals surface area (Å²) in [5, 5.41) is 3.84. The second kappa shape index (κ2) is 5.85. The molecule has 4 rings (SSSR count).